The second kappa shape index (κ2) is 9.24. The van der Waals surface area contributed by atoms with Crippen LogP contribution in [0.4, 0.5) is 24.0 Å². The molecule has 0 fully saturated rings. The summed E-state index contributed by atoms with van der Waals surface area (Å²) in [6.45, 7) is 1.65. The number of aromatic nitrogens is 4. The monoisotopic (exact) mass is 494 g/mol. The van der Waals surface area contributed by atoms with Crippen LogP contribution in [0.1, 0.15) is 20.9 Å². The van der Waals surface area contributed by atoms with Crippen LogP contribution in [-0.4, -0.2) is 37.4 Å². The average Bonchev–Trinajstić information content (AvgIpc) is 3.29. The van der Waals surface area contributed by atoms with Gasteiger partial charge in [-0.3, -0.25) is 14.9 Å². The van der Waals surface area contributed by atoms with Crippen LogP contribution in [0, 0.1) is 6.92 Å². The first-order valence-corrected chi connectivity index (χ1v) is 10.8. The van der Waals surface area contributed by atoms with Crippen LogP contribution in [0.15, 0.2) is 22.5 Å². The second-order valence-electron chi connectivity index (χ2n) is 5.54. The number of nitrogens with one attached hydrogen (secondary N) is 2. The third-order valence-electron chi connectivity index (χ3n) is 3.38. The zero-order valence-electron chi connectivity index (χ0n) is 14.8. The lowest BCUT2D eigenvalue weighted by Crippen LogP contribution is -2.15. The number of hydrogen-bond acceptors (Lipinski definition) is 9. The van der Waals surface area contributed by atoms with E-state index < -0.39 is 23.6 Å². The van der Waals surface area contributed by atoms with Crippen LogP contribution in [0.3, 0.4) is 0 Å². The van der Waals surface area contributed by atoms with Gasteiger partial charge >= 0.3 is 6.18 Å². The van der Waals surface area contributed by atoms with E-state index in [1.807, 2.05) is 0 Å². The van der Waals surface area contributed by atoms with Crippen molar-refractivity contribution in [2.24, 2.45) is 0 Å². The summed E-state index contributed by atoms with van der Waals surface area (Å²) in [6.07, 6.45) is -4.56. The van der Waals surface area contributed by atoms with Gasteiger partial charge in [0.05, 0.1) is 27.7 Å². The molecule has 0 radical (unpaired) electrons. The van der Waals surface area contributed by atoms with Crippen molar-refractivity contribution in [1.29, 1.82) is 0 Å². The number of carbonyl (C=O) groups excluding carboxylic acids is 2. The number of anilines is 2. The Balaban J connectivity index is 1.56. The Kier molecular flexibility index (Phi) is 6.90. The van der Waals surface area contributed by atoms with E-state index in [1.54, 1.807) is 6.92 Å². The maximum atomic E-state index is 12.8. The van der Waals surface area contributed by atoms with E-state index in [0.29, 0.717) is 14.9 Å². The fraction of sp³-hybridized carbons (Fsp3) is 0.200. The summed E-state index contributed by atoms with van der Waals surface area (Å²) in [6, 6.07) is 2.65. The molecule has 2 heterocycles. The number of rotatable bonds is 6. The predicted octanol–water partition coefficient (Wildman–Crippen LogP) is 4.35. The zero-order valence-corrected chi connectivity index (χ0v) is 18.0. The highest BCUT2D eigenvalue weighted by Crippen LogP contribution is 2.34. The van der Waals surface area contributed by atoms with Gasteiger partial charge in [0.2, 0.25) is 11.0 Å². The Morgan fingerprint density at radius 3 is 2.63 bits per heavy atom. The molecule has 3 rings (SSSR count). The first kappa shape index (κ1) is 22.4. The van der Waals surface area contributed by atoms with E-state index >= 15 is 0 Å². The SMILES string of the molecule is Cc1nnsc1C(=O)Nc1nnc(SCC(=O)Nc2cc(C(F)(F)F)ccc2Cl)s1. The Morgan fingerprint density at radius 2 is 1.97 bits per heavy atom. The Bertz CT molecular complexity index is 1090. The maximum Gasteiger partial charge on any atom is 0.416 e. The normalized spacial score (nSPS) is 11.4. The molecule has 8 nitrogen and oxygen atoms in total. The van der Waals surface area contributed by atoms with Crippen molar-refractivity contribution in [2.45, 2.75) is 17.4 Å². The van der Waals surface area contributed by atoms with Crippen LogP contribution >= 0.6 is 46.2 Å². The van der Waals surface area contributed by atoms with E-state index in [2.05, 4.69) is 30.4 Å². The number of amides is 2. The van der Waals surface area contributed by atoms with Gasteiger partial charge < -0.3 is 5.32 Å². The molecule has 0 saturated heterocycles. The molecule has 0 aliphatic heterocycles. The summed E-state index contributed by atoms with van der Waals surface area (Å²) >= 11 is 8.85. The lowest BCUT2D eigenvalue weighted by molar-refractivity contribution is -0.137. The first-order valence-electron chi connectivity index (χ1n) is 7.86. The summed E-state index contributed by atoms with van der Waals surface area (Å²) < 4.78 is 42.5. The first-order chi connectivity index (χ1) is 14.1. The summed E-state index contributed by atoms with van der Waals surface area (Å²) in [5.74, 6) is -1.15. The number of benzene rings is 1. The van der Waals surface area contributed by atoms with Gasteiger partial charge in [-0.1, -0.05) is 39.2 Å². The Hall–Kier alpha value is -2.29. The fourth-order valence-electron chi connectivity index (χ4n) is 2.02. The minimum atomic E-state index is -4.56. The number of nitrogens with zero attached hydrogens (tertiary/aromatic N) is 4. The molecule has 0 unspecified atom stereocenters. The third kappa shape index (κ3) is 5.65. The predicted molar refractivity (Wildman–Crippen MR) is 108 cm³/mol. The number of hydrogen-bond donors (Lipinski definition) is 2. The summed E-state index contributed by atoms with van der Waals surface area (Å²) in [7, 11) is 0. The Morgan fingerprint density at radius 1 is 1.20 bits per heavy atom. The molecule has 0 aliphatic carbocycles. The Labute approximate surface area is 184 Å². The highest BCUT2D eigenvalue weighted by atomic mass is 35.5. The molecular weight excluding hydrogens is 485 g/mol. The van der Waals surface area contributed by atoms with Gasteiger partial charge in [-0.25, -0.2) is 0 Å². The molecule has 3 aromatic rings. The third-order valence-corrected chi connectivity index (χ3v) is 6.51. The van der Waals surface area contributed by atoms with Crippen LogP contribution in [-0.2, 0) is 11.0 Å². The molecule has 0 saturated carbocycles. The molecule has 30 heavy (non-hydrogen) atoms. The van der Waals surface area contributed by atoms with Gasteiger partial charge in [-0.2, -0.15) is 13.2 Å². The molecule has 1 aromatic carbocycles. The van der Waals surface area contributed by atoms with Gasteiger partial charge in [-0.15, -0.1) is 15.3 Å². The standard InChI is InChI=1S/C15H10ClF3N6O2S3/c1-6-11(30-25-22-6)12(27)21-13-23-24-14(29-13)28-5-10(26)20-9-4-7(15(17,18)19)2-3-8(9)16/h2-4H,5H2,1H3,(H,20,26)(H,21,23,27). The molecule has 0 aliphatic rings. The van der Waals surface area contributed by atoms with Crippen molar-refractivity contribution in [3.63, 3.8) is 0 Å². The minimum Gasteiger partial charge on any atom is -0.324 e. The van der Waals surface area contributed by atoms with E-state index in [9.17, 15) is 22.8 Å². The fourth-order valence-corrected chi connectivity index (χ4v) is 4.29. The molecule has 2 N–H and O–H groups in total. The molecule has 15 heteroatoms. The van der Waals surface area contributed by atoms with Gasteiger partial charge in [-0.05, 0) is 36.7 Å². The molecule has 2 amide bonds. The number of thioether (sulfide) groups is 1. The van der Waals surface area contributed by atoms with E-state index in [1.165, 1.54) is 0 Å². The molecule has 0 atom stereocenters. The van der Waals surface area contributed by atoms with Crippen molar-refractivity contribution in [1.82, 2.24) is 19.8 Å². The van der Waals surface area contributed by atoms with Crippen LogP contribution < -0.4 is 10.6 Å². The topological polar surface area (TPSA) is 110 Å². The number of halogens is 4. The van der Waals surface area contributed by atoms with Crippen molar-refractivity contribution >= 4 is 68.9 Å². The average molecular weight is 495 g/mol. The van der Waals surface area contributed by atoms with Crippen molar-refractivity contribution in [3.8, 4) is 0 Å². The van der Waals surface area contributed by atoms with Crippen LogP contribution in [0.2, 0.25) is 5.02 Å². The quantitative estimate of drug-likeness (QED) is 0.387. The van der Waals surface area contributed by atoms with Gasteiger partial charge in [0.1, 0.15) is 4.88 Å². The van der Waals surface area contributed by atoms with Gasteiger partial charge in [0.25, 0.3) is 5.91 Å². The number of aryl methyl sites for hydroxylation is 1. The lowest BCUT2D eigenvalue weighted by Gasteiger charge is -2.11. The van der Waals surface area contributed by atoms with Gasteiger partial charge in [0, 0.05) is 0 Å². The second-order valence-corrected chi connectivity index (χ2v) is 8.91. The largest absolute Gasteiger partial charge is 0.416 e. The van der Waals surface area contributed by atoms with Crippen LogP contribution in [0.25, 0.3) is 0 Å². The molecular formula is C15H10ClF3N6O2S3. The summed E-state index contributed by atoms with van der Waals surface area (Å²) in [5.41, 5.74) is -0.580. The molecule has 0 bridgehead atoms. The van der Waals surface area contributed by atoms with Crippen molar-refractivity contribution < 1.29 is 22.8 Å². The van der Waals surface area contributed by atoms with Crippen molar-refractivity contribution in [3.05, 3.63) is 39.4 Å². The maximum absolute atomic E-state index is 12.8. The van der Waals surface area contributed by atoms with Crippen molar-refractivity contribution in [2.75, 3.05) is 16.4 Å². The number of alkyl halides is 3. The zero-order chi connectivity index (χ0) is 21.9. The smallest absolute Gasteiger partial charge is 0.324 e. The summed E-state index contributed by atoms with van der Waals surface area (Å²) in [4.78, 5) is 24.5. The molecule has 158 valence electrons. The highest BCUT2D eigenvalue weighted by molar-refractivity contribution is 8.01. The number of carbonyl (C=O) groups is 2. The van der Waals surface area contributed by atoms with Gasteiger partial charge in [0.15, 0.2) is 4.34 Å². The lowest BCUT2D eigenvalue weighted by atomic mass is 10.2. The van der Waals surface area contributed by atoms with E-state index in [0.717, 1.165) is 52.8 Å². The molecule has 0 spiro atoms. The molecule has 2 aromatic heterocycles. The minimum absolute atomic E-state index is 0.0184. The van der Waals surface area contributed by atoms with E-state index in [-0.39, 0.29) is 21.6 Å². The summed E-state index contributed by atoms with van der Waals surface area (Å²) in [5, 5.41) is 16.5. The highest BCUT2D eigenvalue weighted by Gasteiger charge is 2.31. The van der Waals surface area contributed by atoms with E-state index in [4.69, 9.17) is 11.6 Å². The van der Waals surface area contributed by atoms with Crippen LogP contribution in [0.5, 0.6) is 0 Å².